The van der Waals surface area contributed by atoms with Crippen LogP contribution in [-0.4, -0.2) is 49.8 Å². The summed E-state index contributed by atoms with van der Waals surface area (Å²) in [6.07, 6.45) is 17.8. The molecule has 0 radical (unpaired) electrons. The van der Waals surface area contributed by atoms with Crippen molar-refractivity contribution >= 4 is 7.82 Å². The maximum absolute atomic E-state index is 11.5. The fourth-order valence-corrected chi connectivity index (χ4v) is 3.99. The number of hydrogen-bond acceptors (Lipinski definition) is 3. The summed E-state index contributed by atoms with van der Waals surface area (Å²) in [5, 5.41) is 0. The van der Waals surface area contributed by atoms with E-state index in [0.717, 1.165) is 17.6 Å². The molecule has 0 aromatic rings. The zero-order chi connectivity index (χ0) is 20.4. The van der Waals surface area contributed by atoms with Crippen LogP contribution in [0.1, 0.15) is 97.3 Å². The molecule has 27 heavy (non-hydrogen) atoms. The molecule has 0 aliphatic carbocycles. The van der Waals surface area contributed by atoms with Crippen LogP contribution < -0.4 is 0 Å². The van der Waals surface area contributed by atoms with Crippen LogP contribution in [0.2, 0.25) is 0 Å². The molecule has 0 amide bonds. The molecule has 0 aromatic carbocycles. The molecule has 0 rings (SSSR count). The minimum absolute atomic E-state index is 0.186. The monoisotopic (exact) mass is 408 g/mol. The number of phosphoric ester groups is 1. The quantitative estimate of drug-likeness (QED) is 0.146. The zero-order valence-corrected chi connectivity index (χ0v) is 19.5. The fraction of sp³-hybridized carbons (Fsp3) is 1.00. The highest BCUT2D eigenvalue weighted by Crippen LogP contribution is 2.42. The van der Waals surface area contributed by atoms with Crippen molar-refractivity contribution < 1.29 is 23.0 Å². The van der Waals surface area contributed by atoms with E-state index in [1.807, 2.05) is 0 Å². The molecule has 1 unspecified atom stereocenters. The average Bonchev–Trinajstić information content (AvgIpc) is 2.58. The van der Waals surface area contributed by atoms with Crippen LogP contribution in [0.3, 0.4) is 0 Å². The van der Waals surface area contributed by atoms with Crippen LogP contribution in [0.5, 0.6) is 0 Å². The van der Waals surface area contributed by atoms with Gasteiger partial charge in [0.15, 0.2) is 0 Å². The molecule has 6 heteroatoms. The Morgan fingerprint density at radius 1 is 0.704 bits per heavy atom. The second kappa shape index (κ2) is 17.0. The van der Waals surface area contributed by atoms with E-state index in [-0.39, 0.29) is 13.2 Å². The van der Waals surface area contributed by atoms with Gasteiger partial charge in [-0.15, -0.1) is 0 Å². The molecule has 5 nitrogen and oxygen atoms in total. The third-order valence-electron chi connectivity index (χ3n) is 5.11. The Morgan fingerprint density at radius 3 is 1.59 bits per heavy atom. The number of likely N-dealkylation sites (N-methyl/N-ethyl adjacent to an activating group) is 1. The van der Waals surface area contributed by atoms with Crippen molar-refractivity contribution in [2.24, 2.45) is 0 Å². The van der Waals surface area contributed by atoms with Gasteiger partial charge in [0, 0.05) is 0 Å². The Bertz CT molecular complexity index is 377. The van der Waals surface area contributed by atoms with Crippen LogP contribution in [0.15, 0.2) is 0 Å². The minimum Gasteiger partial charge on any atom is -0.327 e. The Hall–Kier alpha value is 0.0700. The third kappa shape index (κ3) is 19.2. The van der Waals surface area contributed by atoms with E-state index in [1.165, 1.54) is 83.5 Å². The molecule has 0 saturated heterocycles. The molecular weight excluding hydrogens is 361 g/mol. The van der Waals surface area contributed by atoms with Crippen molar-refractivity contribution in [3.63, 3.8) is 0 Å². The molecule has 164 valence electrons. The lowest BCUT2D eigenvalue weighted by Crippen LogP contribution is -2.42. The van der Waals surface area contributed by atoms with Gasteiger partial charge in [-0.1, -0.05) is 77.6 Å². The largest absolute Gasteiger partial charge is 0.472 e. The van der Waals surface area contributed by atoms with Gasteiger partial charge in [-0.3, -0.25) is 9.05 Å². The van der Waals surface area contributed by atoms with Gasteiger partial charge in [-0.2, -0.15) is 0 Å². The minimum atomic E-state index is -3.85. The van der Waals surface area contributed by atoms with Gasteiger partial charge >= 0.3 is 7.82 Å². The van der Waals surface area contributed by atoms with E-state index in [2.05, 4.69) is 21.0 Å². The third-order valence-corrected chi connectivity index (χ3v) is 6.20. The SMILES string of the molecule is CCCCCCCCCCCCCCC[N+](C)(C)CCOP(=O)(O)OCC. The maximum Gasteiger partial charge on any atom is 0.472 e. The summed E-state index contributed by atoms with van der Waals surface area (Å²) in [6.45, 7) is 6.18. The highest BCUT2D eigenvalue weighted by atomic mass is 31.2. The van der Waals surface area contributed by atoms with E-state index in [9.17, 15) is 9.46 Å². The molecule has 0 aliphatic heterocycles. The summed E-state index contributed by atoms with van der Waals surface area (Å²) < 4.78 is 22.0. The second-order valence-electron chi connectivity index (χ2n) is 8.35. The first-order chi connectivity index (χ1) is 12.8. The molecule has 0 aromatic heterocycles. The summed E-state index contributed by atoms with van der Waals surface area (Å²) in [6, 6.07) is 0. The molecule has 0 fully saturated rings. The fourth-order valence-electron chi connectivity index (χ4n) is 3.27. The average molecular weight is 409 g/mol. The van der Waals surface area contributed by atoms with E-state index < -0.39 is 7.82 Å². The van der Waals surface area contributed by atoms with Crippen LogP contribution in [0, 0.1) is 0 Å². The Balaban J connectivity index is 3.46. The summed E-state index contributed by atoms with van der Waals surface area (Å²) in [7, 11) is 0.443. The molecule has 0 aliphatic rings. The number of hydrogen-bond donors (Lipinski definition) is 1. The zero-order valence-electron chi connectivity index (χ0n) is 18.6. The molecule has 1 N–H and O–H groups in total. The lowest BCUT2D eigenvalue weighted by molar-refractivity contribution is -0.890. The first-order valence-electron chi connectivity index (χ1n) is 11.3. The Labute approximate surface area is 169 Å². The molecule has 0 heterocycles. The molecular formula is C21H47NO4P+. The molecule has 0 saturated carbocycles. The van der Waals surface area contributed by atoms with Gasteiger partial charge in [0.1, 0.15) is 13.2 Å². The summed E-state index contributed by atoms with van der Waals surface area (Å²) in [4.78, 5) is 9.41. The summed E-state index contributed by atoms with van der Waals surface area (Å²) in [5.41, 5.74) is 0. The number of phosphoric acid groups is 1. The standard InChI is InChI=1S/C21H46NO4P/c1-5-7-8-9-10-11-12-13-14-15-16-17-18-19-22(3,4)20-21-26-27(23,24)25-6-2/h5-21H2,1-4H3/p+1. The Morgan fingerprint density at radius 2 is 1.15 bits per heavy atom. The van der Waals surface area contributed by atoms with Crippen molar-refractivity contribution in [3.05, 3.63) is 0 Å². The van der Waals surface area contributed by atoms with Gasteiger partial charge in [0.05, 0.1) is 27.2 Å². The maximum atomic E-state index is 11.5. The van der Waals surface area contributed by atoms with Crippen LogP contribution in [-0.2, 0) is 13.6 Å². The van der Waals surface area contributed by atoms with E-state index in [4.69, 9.17) is 9.05 Å². The van der Waals surface area contributed by atoms with E-state index in [1.54, 1.807) is 6.92 Å². The molecule has 0 bridgehead atoms. The Kier molecular flexibility index (Phi) is 17.0. The smallest absolute Gasteiger partial charge is 0.327 e. The van der Waals surface area contributed by atoms with Crippen molar-refractivity contribution in [2.75, 3.05) is 40.4 Å². The number of unbranched alkanes of at least 4 members (excludes halogenated alkanes) is 12. The number of rotatable bonds is 20. The van der Waals surface area contributed by atoms with Gasteiger partial charge in [0.25, 0.3) is 0 Å². The van der Waals surface area contributed by atoms with Crippen molar-refractivity contribution in [3.8, 4) is 0 Å². The summed E-state index contributed by atoms with van der Waals surface area (Å²) in [5.74, 6) is 0. The van der Waals surface area contributed by atoms with Crippen molar-refractivity contribution in [2.45, 2.75) is 97.3 Å². The van der Waals surface area contributed by atoms with E-state index >= 15 is 0 Å². The van der Waals surface area contributed by atoms with E-state index in [0.29, 0.717) is 0 Å². The predicted molar refractivity (Wildman–Crippen MR) is 115 cm³/mol. The van der Waals surface area contributed by atoms with Crippen molar-refractivity contribution in [1.82, 2.24) is 0 Å². The van der Waals surface area contributed by atoms with Crippen LogP contribution in [0.4, 0.5) is 0 Å². The van der Waals surface area contributed by atoms with Gasteiger partial charge < -0.3 is 9.38 Å². The highest BCUT2D eigenvalue weighted by molar-refractivity contribution is 7.47. The van der Waals surface area contributed by atoms with Crippen LogP contribution >= 0.6 is 7.82 Å². The van der Waals surface area contributed by atoms with Crippen molar-refractivity contribution in [1.29, 1.82) is 0 Å². The topological polar surface area (TPSA) is 55.8 Å². The lowest BCUT2D eigenvalue weighted by Gasteiger charge is -2.29. The molecule has 0 spiro atoms. The van der Waals surface area contributed by atoms with Gasteiger partial charge in [-0.25, -0.2) is 4.57 Å². The molecule has 1 atom stereocenters. The van der Waals surface area contributed by atoms with Crippen LogP contribution in [0.25, 0.3) is 0 Å². The van der Waals surface area contributed by atoms with Gasteiger partial charge in [0.2, 0.25) is 0 Å². The number of quaternary nitrogens is 1. The normalized spacial score (nSPS) is 14.4. The predicted octanol–water partition coefficient (Wildman–Crippen LogP) is 6.31. The lowest BCUT2D eigenvalue weighted by atomic mass is 10.0. The second-order valence-corrected chi connectivity index (χ2v) is 9.80. The highest BCUT2D eigenvalue weighted by Gasteiger charge is 2.22. The first kappa shape index (κ1) is 27.1. The number of nitrogens with zero attached hydrogens (tertiary/aromatic N) is 1. The van der Waals surface area contributed by atoms with Gasteiger partial charge in [-0.05, 0) is 19.8 Å². The summed E-state index contributed by atoms with van der Waals surface area (Å²) >= 11 is 0. The first-order valence-corrected chi connectivity index (χ1v) is 12.8.